The van der Waals surface area contributed by atoms with E-state index in [1.54, 1.807) is 0 Å². The molecular formula is C20H18Cl2O. The molecule has 23 heavy (non-hydrogen) atoms. The second-order valence-electron chi connectivity index (χ2n) is 5.64. The summed E-state index contributed by atoms with van der Waals surface area (Å²) >= 11 is 12.8. The van der Waals surface area contributed by atoms with Gasteiger partial charge in [0.15, 0.2) is 0 Å². The number of hydrogen-bond acceptors (Lipinski definition) is 1. The zero-order valence-corrected chi connectivity index (χ0v) is 14.7. The van der Waals surface area contributed by atoms with E-state index in [9.17, 15) is 5.11 Å². The van der Waals surface area contributed by atoms with E-state index in [-0.39, 0.29) is 10.8 Å². The van der Waals surface area contributed by atoms with Crippen molar-refractivity contribution in [3.63, 3.8) is 0 Å². The van der Waals surface area contributed by atoms with E-state index in [0.717, 1.165) is 40.3 Å². The van der Waals surface area contributed by atoms with E-state index < -0.39 is 0 Å². The Morgan fingerprint density at radius 2 is 1.39 bits per heavy atom. The minimum absolute atomic E-state index is 0.0518. The van der Waals surface area contributed by atoms with Crippen molar-refractivity contribution in [2.24, 2.45) is 0 Å². The highest BCUT2D eigenvalue weighted by Crippen LogP contribution is 2.46. The van der Waals surface area contributed by atoms with Crippen LogP contribution in [0.4, 0.5) is 0 Å². The molecule has 3 aromatic carbocycles. The third kappa shape index (κ3) is 2.80. The maximum atomic E-state index is 10.4. The summed E-state index contributed by atoms with van der Waals surface area (Å²) in [6.07, 6.45) is 1.89. The van der Waals surface area contributed by atoms with Gasteiger partial charge in [-0.05, 0) is 41.0 Å². The molecule has 0 spiro atoms. The molecule has 1 N–H and O–H groups in total. The van der Waals surface area contributed by atoms with E-state index in [2.05, 4.69) is 44.2 Å². The molecule has 3 aromatic rings. The van der Waals surface area contributed by atoms with E-state index in [4.69, 9.17) is 23.2 Å². The first-order chi connectivity index (χ1) is 11.1. The number of rotatable bonds is 3. The Kier molecular flexibility index (Phi) is 4.52. The largest absolute Gasteiger partial charge is 0.506 e. The van der Waals surface area contributed by atoms with Gasteiger partial charge in [0.05, 0.1) is 5.02 Å². The van der Waals surface area contributed by atoms with Gasteiger partial charge in [0.2, 0.25) is 0 Å². The number of phenols is 1. The average Bonchev–Trinajstić information content (AvgIpc) is 2.60. The fraction of sp³-hybridized carbons (Fsp3) is 0.200. The molecule has 0 aliphatic heterocycles. The zero-order chi connectivity index (χ0) is 16.6. The molecule has 0 saturated carbocycles. The first-order valence-corrected chi connectivity index (χ1v) is 8.54. The first kappa shape index (κ1) is 16.2. The van der Waals surface area contributed by atoms with Crippen LogP contribution in [0.2, 0.25) is 10.0 Å². The Morgan fingerprint density at radius 1 is 0.783 bits per heavy atom. The maximum absolute atomic E-state index is 10.4. The molecule has 0 heterocycles. The summed E-state index contributed by atoms with van der Waals surface area (Å²) in [5.41, 5.74) is 4.30. The lowest BCUT2D eigenvalue weighted by molar-refractivity contribution is 0.482. The highest BCUT2D eigenvalue weighted by Gasteiger charge is 2.18. The summed E-state index contributed by atoms with van der Waals surface area (Å²) in [5, 5.41) is 12.7. The van der Waals surface area contributed by atoms with Crippen LogP contribution in [-0.4, -0.2) is 5.11 Å². The highest BCUT2D eigenvalue weighted by molar-refractivity contribution is 6.46. The Bertz CT molecular complexity index is 867. The second kappa shape index (κ2) is 6.43. The topological polar surface area (TPSA) is 20.2 Å². The molecule has 0 bridgehead atoms. The van der Waals surface area contributed by atoms with Gasteiger partial charge in [-0.3, -0.25) is 0 Å². The number of benzene rings is 3. The third-order valence-electron chi connectivity index (χ3n) is 4.29. The number of hydrogen-bond donors (Lipinski definition) is 1. The Labute approximate surface area is 146 Å². The number of fused-ring (bicyclic) bond motifs is 1. The van der Waals surface area contributed by atoms with Crippen LogP contribution >= 0.6 is 23.2 Å². The van der Waals surface area contributed by atoms with E-state index in [0.29, 0.717) is 5.02 Å². The molecule has 3 heteroatoms. The molecule has 1 nitrogen and oxygen atoms in total. The molecule has 0 amide bonds. The van der Waals surface area contributed by atoms with Crippen molar-refractivity contribution in [3.8, 4) is 16.9 Å². The molecule has 0 aliphatic rings. The monoisotopic (exact) mass is 344 g/mol. The SMILES string of the molecule is CCc1ccc(-c2c(Cl)c(Cl)c(O)c3cc(CC)ccc23)cc1. The van der Waals surface area contributed by atoms with Crippen LogP contribution < -0.4 is 0 Å². The molecule has 118 valence electrons. The summed E-state index contributed by atoms with van der Waals surface area (Å²) < 4.78 is 0. The molecule has 0 aromatic heterocycles. The average molecular weight is 345 g/mol. The van der Waals surface area contributed by atoms with Crippen molar-refractivity contribution in [1.82, 2.24) is 0 Å². The van der Waals surface area contributed by atoms with E-state index in [1.165, 1.54) is 5.56 Å². The fourth-order valence-electron chi connectivity index (χ4n) is 2.86. The van der Waals surface area contributed by atoms with Crippen LogP contribution in [-0.2, 0) is 12.8 Å². The number of phenolic OH excluding ortho intramolecular Hbond substituents is 1. The molecule has 0 saturated heterocycles. The lowest BCUT2D eigenvalue weighted by Gasteiger charge is -2.14. The molecule has 0 aliphatic carbocycles. The van der Waals surface area contributed by atoms with Gasteiger partial charge in [-0.2, -0.15) is 0 Å². The van der Waals surface area contributed by atoms with E-state index >= 15 is 0 Å². The van der Waals surface area contributed by atoms with Crippen LogP contribution in [0.25, 0.3) is 21.9 Å². The molecule has 0 unspecified atom stereocenters. The second-order valence-corrected chi connectivity index (χ2v) is 6.39. The predicted octanol–water partition coefficient (Wildman–Crippen LogP) is 6.64. The Balaban J connectivity index is 2.34. The van der Waals surface area contributed by atoms with Gasteiger partial charge >= 0.3 is 0 Å². The van der Waals surface area contributed by atoms with Gasteiger partial charge in [-0.15, -0.1) is 0 Å². The van der Waals surface area contributed by atoms with Crippen molar-refractivity contribution in [1.29, 1.82) is 0 Å². The van der Waals surface area contributed by atoms with Gasteiger partial charge < -0.3 is 5.11 Å². The first-order valence-electron chi connectivity index (χ1n) is 7.78. The molecule has 3 rings (SSSR count). The fourth-order valence-corrected chi connectivity index (χ4v) is 3.36. The molecule has 0 atom stereocenters. The minimum Gasteiger partial charge on any atom is -0.506 e. The van der Waals surface area contributed by atoms with Crippen LogP contribution in [0.3, 0.4) is 0 Å². The van der Waals surface area contributed by atoms with E-state index in [1.807, 2.05) is 12.1 Å². The van der Waals surface area contributed by atoms with Crippen LogP contribution in [0, 0.1) is 0 Å². The normalized spacial score (nSPS) is 11.1. The van der Waals surface area contributed by atoms with Crippen LogP contribution in [0.1, 0.15) is 25.0 Å². The smallest absolute Gasteiger partial charge is 0.143 e. The number of aromatic hydroxyl groups is 1. The lowest BCUT2D eigenvalue weighted by Crippen LogP contribution is -1.89. The zero-order valence-electron chi connectivity index (χ0n) is 13.2. The quantitative estimate of drug-likeness (QED) is 0.564. The summed E-state index contributed by atoms with van der Waals surface area (Å²) in [5.74, 6) is 0.0518. The van der Waals surface area contributed by atoms with Gasteiger partial charge in [0.1, 0.15) is 10.8 Å². The van der Waals surface area contributed by atoms with Gasteiger partial charge in [0, 0.05) is 10.9 Å². The van der Waals surface area contributed by atoms with Crippen molar-refractivity contribution in [2.75, 3.05) is 0 Å². The van der Waals surface area contributed by atoms with Gasteiger partial charge in [-0.25, -0.2) is 0 Å². The maximum Gasteiger partial charge on any atom is 0.143 e. The summed E-state index contributed by atoms with van der Waals surface area (Å²) in [6, 6.07) is 14.4. The highest BCUT2D eigenvalue weighted by atomic mass is 35.5. The lowest BCUT2D eigenvalue weighted by atomic mass is 9.95. The molecule has 0 radical (unpaired) electrons. The van der Waals surface area contributed by atoms with Crippen LogP contribution in [0.5, 0.6) is 5.75 Å². The Morgan fingerprint density at radius 3 is 2.00 bits per heavy atom. The van der Waals surface area contributed by atoms with Crippen molar-refractivity contribution < 1.29 is 5.11 Å². The van der Waals surface area contributed by atoms with Crippen LogP contribution in [0.15, 0.2) is 42.5 Å². The summed E-state index contributed by atoms with van der Waals surface area (Å²) in [4.78, 5) is 0. The molecular weight excluding hydrogens is 327 g/mol. The standard InChI is InChI=1S/C20H18Cl2O/c1-3-12-5-8-14(9-6-12)17-15-10-7-13(4-2)11-16(15)20(23)19(22)18(17)21/h5-11,23H,3-4H2,1-2H3. The van der Waals surface area contributed by atoms with Crippen molar-refractivity contribution in [2.45, 2.75) is 26.7 Å². The van der Waals surface area contributed by atoms with Gasteiger partial charge in [0.25, 0.3) is 0 Å². The van der Waals surface area contributed by atoms with Crippen molar-refractivity contribution >= 4 is 34.0 Å². The number of halogens is 2. The predicted molar refractivity (Wildman–Crippen MR) is 99.8 cm³/mol. The molecule has 0 fully saturated rings. The van der Waals surface area contributed by atoms with Gasteiger partial charge in [-0.1, -0.05) is 73.4 Å². The Hall–Kier alpha value is -1.70. The summed E-state index contributed by atoms with van der Waals surface area (Å²) in [6.45, 7) is 4.21. The third-order valence-corrected chi connectivity index (χ3v) is 5.13. The summed E-state index contributed by atoms with van der Waals surface area (Å²) in [7, 11) is 0. The number of aryl methyl sites for hydroxylation is 2. The van der Waals surface area contributed by atoms with Crippen molar-refractivity contribution in [3.05, 3.63) is 63.6 Å². The minimum atomic E-state index is 0.0518.